The fourth-order valence-corrected chi connectivity index (χ4v) is 2.95. The van der Waals surface area contributed by atoms with Crippen LogP contribution in [-0.4, -0.2) is 25.3 Å². The molecule has 0 aliphatic carbocycles. The quantitative estimate of drug-likeness (QED) is 0.401. The number of fused-ring (bicyclic) bond motifs is 1. The van der Waals surface area contributed by atoms with Gasteiger partial charge in [0.2, 0.25) is 5.95 Å². The van der Waals surface area contributed by atoms with E-state index in [0.29, 0.717) is 18.1 Å². The second-order valence-corrected chi connectivity index (χ2v) is 6.42. The molecular formula is C20H17FN6O2. The summed E-state index contributed by atoms with van der Waals surface area (Å²) < 4.78 is 16.0. The third kappa shape index (κ3) is 3.70. The summed E-state index contributed by atoms with van der Waals surface area (Å²) in [6.07, 6.45) is 1.51. The van der Waals surface area contributed by atoms with Gasteiger partial charge in [-0.15, -0.1) is 0 Å². The van der Waals surface area contributed by atoms with Crippen molar-refractivity contribution in [2.24, 2.45) is 12.1 Å². The minimum absolute atomic E-state index is 0.245. The Morgan fingerprint density at radius 2 is 1.86 bits per heavy atom. The average Bonchev–Trinajstić information content (AvgIpc) is 3.07. The summed E-state index contributed by atoms with van der Waals surface area (Å²) >= 11 is 0. The molecule has 0 fully saturated rings. The summed E-state index contributed by atoms with van der Waals surface area (Å²) in [5.74, 6) is -0.0335. The van der Waals surface area contributed by atoms with Gasteiger partial charge in [-0.25, -0.2) is 14.6 Å². The second kappa shape index (κ2) is 7.55. The summed E-state index contributed by atoms with van der Waals surface area (Å²) in [6, 6.07) is 15.4. The Morgan fingerprint density at radius 3 is 2.59 bits per heavy atom. The Morgan fingerprint density at radius 1 is 1.14 bits per heavy atom. The molecule has 0 aliphatic rings. The van der Waals surface area contributed by atoms with E-state index in [-0.39, 0.29) is 17.0 Å². The molecular weight excluding hydrogens is 375 g/mol. The molecule has 0 aliphatic heterocycles. The monoisotopic (exact) mass is 392 g/mol. The first kappa shape index (κ1) is 18.4. The van der Waals surface area contributed by atoms with Gasteiger partial charge in [0.15, 0.2) is 11.2 Å². The lowest BCUT2D eigenvalue weighted by Crippen LogP contribution is -2.29. The van der Waals surface area contributed by atoms with Crippen molar-refractivity contribution in [3.63, 3.8) is 0 Å². The summed E-state index contributed by atoms with van der Waals surface area (Å²) in [5, 5.41) is 4.14. The van der Waals surface area contributed by atoms with E-state index in [2.05, 4.69) is 20.5 Å². The number of H-pyrrole nitrogens is 1. The number of benzene rings is 2. The molecule has 8 nitrogen and oxygen atoms in total. The molecule has 29 heavy (non-hydrogen) atoms. The zero-order chi connectivity index (χ0) is 20.4. The first-order valence-electron chi connectivity index (χ1n) is 8.81. The molecule has 0 radical (unpaired) electrons. The van der Waals surface area contributed by atoms with Crippen molar-refractivity contribution >= 4 is 23.3 Å². The molecule has 2 N–H and O–H groups in total. The molecule has 2 aromatic heterocycles. The maximum Gasteiger partial charge on any atom is 0.329 e. The number of anilines is 1. The lowest BCUT2D eigenvalue weighted by Gasteiger charge is -2.08. The van der Waals surface area contributed by atoms with E-state index in [1.807, 2.05) is 30.3 Å². The van der Waals surface area contributed by atoms with Gasteiger partial charge in [0.25, 0.3) is 5.56 Å². The number of aryl methyl sites for hydroxylation is 1. The topological polar surface area (TPSA) is 97.1 Å². The van der Waals surface area contributed by atoms with Crippen LogP contribution >= 0.6 is 0 Å². The van der Waals surface area contributed by atoms with E-state index < -0.39 is 11.2 Å². The molecule has 0 bridgehead atoms. The van der Waals surface area contributed by atoms with Gasteiger partial charge >= 0.3 is 5.69 Å². The van der Waals surface area contributed by atoms with Crippen molar-refractivity contribution in [2.75, 3.05) is 5.43 Å². The minimum Gasteiger partial charge on any atom is -0.298 e. The Labute approximate surface area is 164 Å². The molecule has 4 aromatic rings. The maximum absolute atomic E-state index is 13.0. The van der Waals surface area contributed by atoms with Crippen LogP contribution in [0.1, 0.15) is 11.1 Å². The third-order valence-electron chi connectivity index (χ3n) is 4.44. The molecule has 146 valence electrons. The maximum atomic E-state index is 13.0. The summed E-state index contributed by atoms with van der Waals surface area (Å²) in [5.41, 5.74) is 3.89. The highest BCUT2D eigenvalue weighted by Gasteiger charge is 2.17. The van der Waals surface area contributed by atoms with Crippen LogP contribution in [0.2, 0.25) is 0 Å². The van der Waals surface area contributed by atoms with E-state index in [4.69, 9.17) is 0 Å². The third-order valence-corrected chi connectivity index (χ3v) is 4.44. The fraction of sp³-hybridized carbons (Fsp3) is 0.100. The van der Waals surface area contributed by atoms with Gasteiger partial charge in [-0.2, -0.15) is 10.1 Å². The molecule has 0 unspecified atom stereocenters. The average molecular weight is 392 g/mol. The predicted octanol–water partition coefficient (Wildman–Crippen LogP) is 2.06. The molecule has 0 saturated heterocycles. The van der Waals surface area contributed by atoms with Gasteiger partial charge in [-0.05, 0) is 23.3 Å². The highest BCUT2D eigenvalue weighted by Crippen LogP contribution is 2.17. The van der Waals surface area contributed by atoms with Gasteiger partial charge in [-0.1, -0.05) is 42.5 Å². The van der Waals surface area contributed by atoms with Crippen molar-refractivity contribution in [3.8, 4) is 0 Å². The van der Waals surface area contributed by atoms with Crippen LogP contribution in [0.5, 0.6) is 0 Å². The van der Waals surface area contributed by atoms with Crippen LogP contribution in [0, 0.1) is 5.82 Å². The van der Waals surface area contributed by atoms with Crippen LogP contribution in [-0.2, 0) is 13.6 Å². The van der Waals surface area contributed by atoms with Gasteiger partial charge in [0, 0.05) is 7.05 Å². The summed E-state index contributed by atoms with van der Waals surface area (Å²) in [7, 11) is 1.53. The Hall–Kier alpha value is -4.01. The van der Waals surface area contributed by atoms with E-state index in [1.165, 1.54) is 30.0 Å². The number of aromatic nitrogens is 4. The molecule has 9 heteroatoms. The van der Waals surface area contributed by atoms with Crippen LogP contribution in [0.3, 0.4) is 0 Å². The smallest absolute Gasteiger partial charge is 0.298 e. The van der Waals surface area contributed by atoms with E-state index in [0.717, 1.165) is 5.56 Å². The number of nitrogens with one attached hydrogen (secondary N) is 2. The van der Waals surface area contributed by atoms with Crippen LogP contribution < -0.4 is 16.7 Å². The molecule has 0 spiro atoms. The van der Waals surface area contributed by atoms with E-state index in [1.54, 1.807) is 16.7 Å². The number of aromatic amines is 1. The number of halogens is 1. The number of hydrogen-bond acceptors (Lipinski definition) is 5. The van der Waals surface area contributed by atoms with Crippen LogP contribution in [0.15, 0.2) is 69.3 Å². The van der Waals surface area contributed by atoms with Crippen molar-refractivity contribution in [1.29, 1.82) is 0 Å². The Kier molecular flexibility index (Phi) is 4.78. The van der Waals surface area contributed by atoms with Crippen molar-refractivity contribution in [3.05, 3.63) is 92.4 Å². The predicted molar refractivity (Wildman–Crippen MR) is 109 cm³/mol. The lowest BCUT2D eigenvalue weighted by molar-refractivity contribution is 0.628. The highest BCUT2D eigenvalue weighted by atomic mass is 19.1. The summed E-state index contributed by atoms with van der Waals surface area (Å²) in [6.45, 7) is 0.354. The highest BCUT2D eigenvalue weighted by molar-refractivity contribution is 5.80. The first-order valence-corrected chi connectivity index (χ1v) is 8.81. The van der Waals surface area contributed by atoms with Crippen molar-refractivity contribution < 1.29 is 4.39 Å². The van der Waals surface area contributed by atoms with Crippen LogP contribution in [0.25, 0.3) is 11.2 Å². The molecule has 0 saturated carbocycles. The van der Waals surface area contributed by atoms with Gasteiger partial charge in [-0.3, -0.25) is 18.9 Å². The Balaban J connectivity index is 1.77. The largest absolute Gasteiger partial charge is 0.329 e. The number of hydrogen-bond donors (Lipinski definition) is 2. The number of imidazole rings is 1. The normalized spacial score (nSPS) is 11.4. The number of nitrogens with zero attached hydrogens (tertiary/aromatic N) is 4. The summed E-state index contributed by atoms with van der Waals surface area (Å²) in [4.78, 5) is 31.1. The van der Waals surface area contributed by atoms with E-state index >= 15 is 0 Å². The zero-order valence-corrected chi connectivity index (χ0v) is 15.5. The standard InChI is InChI=1S/C20H17FN6O2/c1-26-17-16(18(28)24-20(26)29)27(12-14-5-3-2-4-6-14)19(23-17)25-22-11-13-7-9-15(21)10-8-13/h2-11H,12H2,1H3,(H,23,25)(H,24,28,29). The van der Waals surface area contributed by atoms with Crippen molar-refractivity contribution in [2.45, 2.75) is 6.54 Å². The van der Waals surface area contributed by atoms with Crippen LogP contribution in [0.4, 0.5) is 10.3 Å². The molecule has 4 rings (SSSR count). The van der Waals surface area contributed by atoms with Gasteiger partial charge in [0.1, 0.15) is 5.82 Å². The van der Waals surface area contributed by atoms with Gasteiger partial charge < -0.3 is 0 Å². The Bertz CT molecular complexity index is 1300. The lowest BCUT2D eigenvalue weighted by atomic mass is 10.2. The molecule has 2 aromatic carbocycles. The number of rotatable bonds is 5. The van der Waals surface area contributed by atoms with Gasteiger partial charge in [0.05, 0.1) is 12.8 Å². The zero-order valence-electron chi connectivity index (χ0n) is 15.5. The molecule has 0 atom stereocenters. The first-order chi connectivity index (χ1) is 14.0. The molecule has 0 amide bonds. The minimum atomic E-state index is -0.548. The fourth-order valence-electron chi connectivity index (χ4n) is 2.95. The number of hydrazone groups is 1. The second-order valence-electron chi connectivity index (χ2n) is 6.42. The molecule has 2 heterocycles. The van der Waals surface area contributed by atoms with Crippen molar-refractivity contribution in [1.82, 2.24) is 19.1 Å². The van der Waals surface area contributed by atoms with E-state index in [9.17, 15) is 14.0 Å². The SMILES string of the molecule is Cn1c(=O)[nH]c(=O)c2c1nc(NN=Cc1ccc(F)cc1)n2Cc1ccccc1.